The van der Waals surface area contributed by atoms with Crippen molar-refractivity contribution in [2.24, 2.45) is 5.10 Å². The largest absolute Gasteiger partial charge is 0.493 e. The molecule has 0 bridgehead atoms. The van der Waals surface area contributed by atoms with Gasteiger partial charge in [-0.2, -0.15) is 5.10 Å². The Kier molecular flexibility index (Phi) is 7.54. The summed E-state index contributed by atoms with van der Waals surface area (Å²) in [5, 5.41) is 4.87. The average molecular weight is 425 g/mol. The molecular weight excluding hydrogens is 403 g/mol. The van der Waals surface area contributed by atoms with Crippen LogP contribution in [-0.4, -0.2) is 25.0 Å². The van der Waals surface area contributed by atoms with Gasteiger partial charge in [-0.3, -0.25) is 0 Å². The van der Waals surface area contributed by atoms with E-state index in [1.54, 1.807) is 45.0 Å². The zero-order chi connectivity index (χ0) is 20.7. The van der Waals surface area contributed by atoms with Crippen LogP contribution in [0.2, 0.25) is 10.0 Å². The minimum absolute atomic E-state index is 0.306. The van der Waals surface area contributed by atoms with Crippen molar-refractivity contribution in [2.45, 2.75) is 33.0 Å². The predicted octanol–water partition coefficient (Wildman–Crippen LogP) is 5.44. The van der Waals surface area contributed by atoms with Crippen LogP contribution in [0, 0.1) is 0 Å². The van der Waals surface area contributed by atoms with Gasteiger partial charge in [0.1, 0.15) is 12.2 Å². The van der Waals surface area contributed by atoms with Gasteiger partial charge in [0.25, 0.3) is 0 Å². The Morgan fingerprint density at radius 1 is 1.18 bits per heavy atom. The maximum Gasteiger partial charge on any atom is 0.428 e. The molecule has 2 aromatic rings. The second-order valence-electron chi connectivity index (χ2n) is 6.82. The van der Waals surface area contributed by atoms with E-state index in [4.69, 9.17) is 37.4 Å². The van der Waals surface area contributed by atoms with Crippen molar-refractivity contribution in [3.8, 4) is 11.5 Å². The van der Waals surface area contributed by atoms with Gasteiger partial charge in [-0.1, -0.05) is 35.3 Å². The number of carbonyl (C=O) groups excluding carboxylic acids is 1. The van der Waals surface area contributed by atoms with Crippen molar-refractivity contribution >= 4 is 35.5 Å². The van der Waals surface area contributed by atoms with Crippen LogP contribution in [0.4, 0.5) is 4.79 Å². The molecule has 2 aromatic carbocycles. The third-order valence-electron chi connectivity index (χ3n) is 3.32. The van der Waals surface area contributed by atoms with Gasteiger partial charge in [-0.25, -0.2) is 10.2 Å². The summed E-state index contributed by atoms with van der Waals surface area (Å²) >= 11 is 12.2. The summed E-state index contributed by atoms with van der Waals surface area (Å²) in [6, 6.07) is 10.7. The lowest BCUT2D eigenvalue weighted by molar-refractivity contribution is 0.0529. The van der Waals surface area contributed by atoms with Crippen LogP contribution < -0.4 is 14.9 Å². The first-order valence-electron chi connectivity index (χ1n) is 8.45. The number of carbonyl (C=O) groups is 1. The number of rotatable bonds is 6. The maximum absolute atomic E-state index is 11.6. The Hall–Kier alpha value is -2.44. The van der Waals surface area contributed by atoms with Gasteiger partial charge in [0.15, 0.2) is 11.5 Å². The topological polar surface area (TPSA) is 69.2 Å². The fraction of sp³-hybridized carbons (Fsp3) is 0.300. The van der Waals surface area contributed by atoms with Crippen molar-refractivity contribution in [3.05, 3.63) is 57.6 Å². The predicted molar refractivity (Wildman–Crippen MR) is 111 cm³/mol. The molecule has 0 spiro atoms. The summed E-state index contributed by atoms with van der Waals surface area (Å²) in [6.07, 6.45) is 0.783. The van der Waals surface area contributed by atoms with Crippen LogP contribution in [0.1, 0.15) is 31.9 Å². The summed E-state index contributed by atoms with van der Waals surface area (Å²) in [7, 11) is 1.51. The second kappa shape index (κ2) is 9.66. The highest BCUT2D eigenvalue weighted by atomic mass is 35.5. The molecule has 0 radical (unpaired) electrons. The standard InChI is InChI=1S/C20H22Cl2N2O4/c1-20(2,3)28-19(25)24-23-11-14-9-16(22)18(17(10-14)26-4)27-12-13-5-7-15(21)8-6-13/h5-11H,12H2,1-4H3,(H,24,25)/b23-11-. The Balaban J connectivity index is 2.06. The van der Waals surface area contributed by atoms with E-state index in [-0.39, 0.29) is 0 Å². The van der Waals surface area contributed by atoms with E-state index in [1.807, 2.05) is 12.1 Å². The van der Waals surface area contributed by atoms with Crippen LogP contribution in [0.25, 0.3) is 0 Å². The Morgan fingerprint density at radius 3 is 2.46 bits per heavy atom. The fourth-order valence-electron chi connectivity index (χ4n) is 2.15. The van der Waals surface area contributed by atoms with E-state index >= 15 is 0 Å². The molecule has 150 valence electrons. The van der Waals surface area contributed by atoms with Gasteiger partial charge < -0.3 is 14.2 Å². The fourth-order valence-corrected chi connectivity index (χ4v) is 2.55. The van der Waals surface area contributed by atoms with Gasteiger partial charge in [0.05, 0.1) is 18.3 Å². The molecule has 6 nitrogen and oxygen atoms in total. The molecule has 2 rings (SSSR count). The number of hydrogen-bond acceptors (Lipinski definition) is 5. The molecule has 0 aliphatic carbocycles. The number of amides is 1. The quantitative estimate of drug-likeness (QED) is 0.494. The Bertz CT molecular complexity index is 847. The molecule has 0 heterocycles. The first-order chi connectivity index (χ1) is 13.2. The van der Waals surface area contributed by atoms with E-state index in [1.165, 1.54) is 13.3 Å². The van der Waals surface area contributed by atoms with Crippen LogP contribution in [0.5, 0.6) is 11.5 Å². The van der Waals surface area contributed by atoms with Gasteiger partial charge in [0, 0.05) is 5.02 Å². The molecule has 8 heteroatoms. The average Bonchev–Trinajstić information content (AvgIpc) is 2.60. The minimum atomic E-state index is -0.648. The van der Waals surface area contributed by atoms with Crippen LogP contribution in [0.3, 0.4) is 0 Å². The first-order valence-corrected chi connectivity index (χ1v) is 9.20. The lowest BCUT2D eigenvalue weighted by atomic mass is 10.2. The zero-order valence-electron chi connectivity index (χ0n) is 16.1. The van der Waals surface area contributed by atoms with Crippen molar-refractivity contribution in [1.29, 1.82) is 0 Å². The normalized spacial score (nSPS) is 11.4. The molecule has 0 aliphatic rings. The van der Waals surface area contributed by atoms with E-state index in [9.17, 15) is 4.79 Å². The molecular formula is C20H22Cl2N2O4. The summed E-state index contributed by atoms with van der Waals surface area (Å²) < 4.78 is 16.3. The number of ether oxygens (including phenoxy) is 3. The lowest BCUT2D eigenvalue weighted by Gasteiger charge is -2.18. The number of benzene rings is 2. The summed E-state index contributed by atoms with van der Waals surface area (Å²) in [6.45, 7) is 5.61. The van der Waals surface area contributed by atoms with E-state index in [2.05, 4.69) is 10.5 Å². The summed E-state index contributed by atoms with van der Waals surface area (Å²) in [5.74, 6) is 0.858. The molecule has 1 N–H and O–H groups in total. The third kappa shape index (κ3) is 6.94. The van der Waals surface area contributed by atoms with Crippen LogP contribution >= 0.6 is 23.2 Å². The van der Waals surface area contributed by atoms with E-state index in [0.717, 1.165) is 5.56 Å². The molecule has 0 unspecified atom stereocenters. The molecule has 28 heavy (non-hydrogen) atoms. The lowest BCUT2D eigenvalue weighted by Crippen LogP contribution is -2.29. The van der Waals surface area contributed by atoms with Gasteiger partial charge in [0.2, 0.25) is 0 Å². The van der Waals surface area contributed by atoms with Gasteiger partial charge >= 0.3 is 6.09 Å². The van der Waals surface area contributed by atoms with Crippen molar-refractivity contribution in [3.63, 3.8) is 0 Å². The SMILES string of the molecule is COc1cc(/C=N\NC(=O)OC(C)(C)C)cc(Cl)c1OCc1ccc(Cl)cc1. The zero-order valence-corrected chi connectivity index (χ0v) is 17.6. The molecule has 0 saturated heterocycles. The van der Waals surface area contributed by atoms with Crippen molar-refractivity contribution in [1.82, 2.24) is 5.43 Å². The Morgan fingerprint density at radius 2 is 1.86 bits per heavy atom. The number of methoxy groups -OCH3 is 1. The number of hydrogen-bond donors (Lipinski definition) is 1. The highest BCUT2D eigenvalue weighted by molar-refractivity contribution is 6.32. The minimum Gasteiger partial charge on any atom is -0.493 e. The van der Waals surface area contributed by atoms with Gasteiger partial charge in [-0.15, -0.1) is 0 Å². The van der Waals surface area contributed by atoms with Crippen LogP contribution in [0.15, 0.2) is 41.5 Å². The third-order valence-corrected chi connectivity index (χ3v) is 3.85. The van der Waals surface area contributed by atoms with Crippen molar-refractivity contribution < 1.29 is 19.0 Å². The molecule has 0 aliphatic heterocycles. The molecule has 0 saturated carbocycles. The van der Waals surface area contributed by atoms with Crippen LogP contribution in [-0.2, 0) is 11.3 Å². The number of halogens is 2. The van der Waals surface area contributed by atoms with Crippen molar-refractivity contribution in [2.75, 3.05) is 7.11 Å². The number of hydrazone groups is 1. The highest BCUT2D eigenvalue weighted by Crippen LogP contribution is 2.36. The van der Waals surface area contributed by atoms with E-state index in [0.29, 0.717) is 33.7 Å². The second-order valence-corrected chi connectivity index (χ2v) is 7.66. The maximum atomic E-state index is 11.6. The number of nitrogens with zero attached hydrogens (tertiary/aromatic N) is 1. The molecule has 0 aromatic heterocycles. The highest BCUT2D eigenvalue weighted by Gasteiger charge is 2.15. The summed E-state index contributed by atoms with van der Waals surface area (Å²) in [5.41, 5.74) is 3.25. The molecule has 0 atom stereocenters. The summed E-state index contributed by atoms with van der Waals surface area (Å²) in [4.78, 5) is 11.6. The van der Waals surface area contributed by atoms with Gasteiger partial charge in [-0.05, 0) is 56.2 Å². The first kappa shape index (κ1) is 21.9. The Labute approximate surface area is 174 Å². The van der Waals surface area contributed by atoms with E-state index < -0.39 is 11.7 Å². The smallest absolute Gasteiger partial charge is 0.428 e. The molecule has 1 amide bonds. The number of nitrogens with one attached hydrogen (secondary N) is 1. The molecule has 0 fully saturated rings. The monoisotopic (exact) mass is 424 g/mol.